The molecule has 102 valence electrons. The lowest BCUT2D eigenvalue weighted by atomic mass is 9.89. The van der Waals surface area contributed by atoms with E-state index in [9.17, 15) is 5.11 Å². The number of nitrogens with zero attached hydrogens (tertiary/aromatic N) is 2. The van der Waals surface area contributed by atoms with Crippen molar-refractivity contribution in [3.05, 3.63) is 18.0 Å². The normalized spacial score (nSPS) is 29.2. The summed E-state index contributed by atoms with van der Waals surface area (Å²) < 4.78 is 1.99. The van der Waals surface area contributed by atoms with Gasteiger partial charge in [-0.2, -0.15) is 5.10 Å². The van der Waals surface area contributed by atoms with Crippen LogP contribution in [0.2, 0.25) is 0 Å². The Bertz CT molecular complexity index is 374. The fourth-order valence-electron chi connectivity index (χ4n) is 3.18. The van der Waals surface area contributed by atoms with Crippen molar-refractivity contribution >= 4 is 0 Å². The molecule has 2 atom stereocenters. The molecule has 1 fully saturated rings. The minimum Gasteiger partial charge on any atom is -0.384 e. The fraction of sp³-hybridized carbons (Fsp3) is 0.800. The average Bonchev–Trinajstić information content (AvgIpc) is 2.74. The first-order chi connectivity index (χ1) is 8.69. The Balaban J connectivity index is 2.16. The highest BCUT2D eigenvalue weighted by Gasteiger charge is 2.34. The number of hydrogen-bond donors (Lipinski definition) is 1. The van der Waals surface area contributed by atoms with Crippen LogP contribution in [0.5, 0.6) is 0 Å². The van der Waals surface area contributed by atoms with Crippen molar-refractivity contribution in [1.29, 1.82) is 0 Å². The summed E-state index contributed by atoms with van der Waals surface area (Å²) in [4.78, 5) is 0. The summed E-state index contributed by atoms with van der Waals surface area (Å²) in [6.07, 6.45) is 9.44. The highest BCUT2D eigenvalue weighted by atomic mass is 16.3. The van der Waals surface area contributed by atoms with Crippen molar-refractivity contribution in [3.63, 3.8) is 0 Å². The van der Waals surface area contributed by atoms with Crippen LogP contribution in [0.25, 0.3) is 0 Å². The topological polar surface area (TPSA) is 38.0 Å². The monoisotopic (exact) mass is 250 g/mol. The SMILES string of the molecule is CCCn1nccc1C1(O)CCCC(CC)CC1. The van der Waals surface area contributed by atoms with E-state index in [1.165, 1.54) is 12.8 Å². The van der Waals surface area contributed by atoms with Crippen LogP contribution >= 0.6 is 0 Å². The zero-order valence-electron chi connectivity index (χ0n) is 11.7. The Labute approximate surface area is 110 Å². The smallest absolute Gasteiger partial charge is 0.106 e. The first-order valence-electron chi connectivity index (χ1n) is 7.44. The molecule has 0 aromatic carbocycles. The summed E-state index contributed by atoms with van der Waals surface area (Å²) in [6, 6.07) is 2.00. The van der Waals surface area contributed by atoms with Gasteiger partial charge in [0.2, 0.25) is 0 Å². The van der Waals surface area contributed by atoms with E-state index in [1.807, 2.05) is 16.9 Å². The molecule has 1 heterocycles. The van der Waals surface area contributed by atoms with Gasteiger partial charge in [0.25, 0.3) is 0 Å². The van der Waals surface area contributed by atoms with Gasteiger partial charge in [0.05, 0.1) is 5.69 Å². The van der Waals surface area contributed by atoms with Gasteiger partial charge >= 0.3 is 0 Å². The largest absolute Gasteiger partial charge is 0.384 e. The number of aryl methyl sites for hydroxylation is 1. The predicted molar refractivity (Wildman–Crippen MR) is 73.3 cm³/mol. The van der Waals surface area contributed by atoms with Crippen LogP contribution in [-0.4, -0.2) is 14.9 Å². The minimum atomic E-state index is -0.643. The molecule has 0 amide bonds. The molecule has 3 nitrogen and oxygen atoms in total. The molecule has 1 aliphatic carbocycles. The summed E-state index contributed by atoms with van der Waals surface area (Å²) in [5.74, 6) is 0.793. The maximum Gasteiger partial charge on any atom is 0.106 e. The van der Waals surface area contributed by atoms with E-state index in [0.29, 0.717) is 0 Å². The molecule has 1 aromatic rings. The summed E-state index contributed by atoms with van der Waals surface area (Å²) in [5, 5.41) is 15.3. The van der Waals surface area contributed by atoms with Crippen LogP contribution in [0.4, 0.5) is 0 Å². The minimum absolute atomic E-state index is 0.643. The van der Waals surface area contributed by atoms with Gasteiger partial charge in [-0.3, -0.25) is 4.68 Å². The lowest BCUT2D eigenvalue weighted by molar-refractivity contribution is 0.0107. The molecule has 1 N–H and O–H groups in total. The Hall–Kier alpha value is -0.830. The molecule has 1 aromatic heterocycles. The van der Waals surface area contributed by atoms with Gasteiger partial charge in [0.15, 0.2) is 0 Å². The molecule has 0 saturated heterocycles. The maximum absolute atomic E-state index is 11.0. The van der Waals surface area contributed by atoms with E-state index < -0.39 is 5.60 Å². The molecule has 0 aliphatic heterocycles. The summed E-state index contributed by atoms with van der Waals surface area (Å²) >= 11 is 0. The van der Waals surface area contributed by atoms with E-state index in [0.717, 1.165) is 50.3 Å². The average molecular weight is 250 g/mol. The Morgan fingerprint density at radius 2 is 2.22 bits per heavy atom. The Morgan fingerprint density at radius 1 is 1.39 bits per heavy atom. The molecule has 2 unspecified atom stereocenters. The van der Waals surface area contributed by atoms with Gasteiger partial charge in [0, 0.05) is 12.7 Å². The first kappa shape index (κ1) is 13.6. The van der Waals surface area contributed by atoms with E-state index in [1.54, 1.807) is 0 Å². The second-order valence-corrected chi connectivity index (χ2v) is 5.68. The van der Waals surface area contributed by atoms with Crippen molar-refractivity contribution in [3.8, 4) is 0 Å². The number of aliphatic hydroxyl groups is 1. The van der Waals surface area contributed by atoms with Gasteiger partial charge in [-0.05, 0) is 44.1 Å². The van der Waals surface area contributed by atoms with Crippen LogP contribution in [0.3, 0.4) is 0 Å². The zero-order valence-corrected chi connectivity index (χ0v) is 11.7. The first-order valence-corrected chi connectivity index (χ1v) is 7.44. The van der Waals surface area contributed by atoms with Gasteiger partial charge in [0.1, 0.15) is 5.60 Å². The third kappa shape index (κ3) is 2.77. The highest BCUT2D eigenvalue weighted by Crippen LogP contribution is 2.38. The summed E-state index contributed by atoms with van der Waals surface area (Å²) in [6.45, 7) is 5.31. The van der Waals surface area contributed by atoms with Crippen molar-refractivity contribution < 1.29 is 5.11 Å². The predicted octanol–water partition coefficient (Wildman–Crippen LogP) is 3.47. The van der Waals surface area contributed by atoms with Gasteiger partial charge in [-0.25, -0.2) is 0 Å². The lowest BCUT2D eigenvalue weighted by Gasteiger charge is -2.27. The van der Waals surface area contributed by atoms with E-state index in [-0.39, 0.29) is 0 Å². The van der Waals surface area contributed by atoms with Crippen molar-refractivity contribution in [2.45, 2.75) is 70.9 Å². The lowest BCUT2D eigenvalue weighted by Crippen LogP contribution is -2.28. The van der Waals surface area contributed by atoms with Crippen LogP contribution in [0, 0.1) is 5.92 Å². The zero-order chi connectivity index (χ0) is 13.0. The Morgan fingerprint density at radius 3 is 2.94 bits per heavy atom. The second-order valence-electron chi connectivity index (χ2n) is 5.68. The van der Waals surface area contributed by atoms with Crippen LogP contribution in [0.1, 0.15) is 64.5 Å². The molecular formula is C15H26N2O. The van der Waals surface area contributed by atoms with E-state index in [2.05, 4.69) is 18.9 Å². The van der Waals surface area contributed by atoms with Gasteiger partial charge in [-0.1, -0.05) is 26.7 Å². The van der Waals surface area contributed by atoms with E-state index in [4.69, 9.17) is 0 Å². The maximum atomic E-state index is 11.0. The molecule has 2 rings (SSSR count). The quantitative estimate of drug-likeness (QED) is 0.831. The highest BCUT2D eigenvalue weighted by molar-refractivity contribution is 5.12. The molecule has 0 radical (unpaired) electrons. The van der Waals surface area contributed by atoms with E-state index >= 15 is 0 Å². The molecule has 3 heteroatoms. The molecule has 1 saturated carbocycles. The molecule has 0 bridgehead atoms. The van der Waals surface area contributed by atoms with Crippen LogP contribution in [-0.2, 0) is 12.1 Å². The summed E-state index contributed by atoms with van der Waals surface area (Å²) in [7, 11) is 0. The van der Waals surface area contributed by atoms with Crippen molar-refractivity contribution in [1.82, 2.24) is 9.78 Å². The number of aromatic nitrogens is 2. The van der Waals surface area contributed by atoms with Gasteiger partial charge in [-0.15, -0.1) is 0 Å². The fourth-order valence-corrected chi connectivity index (χ4v) is 3.18. The molecule has 1 aliphatic rings. The Kier molecular flexibility index (Phi) is 4.44. The molecule has 18 heavy (non-hydrogen) atoms. The van der Waals surface area contributed by atoms with Crippen molar-refractivity contribution in [2.75, 3.05) is 0 Å². The second kappa shape index (κ2) is 5.87. The number of hydrogen-bond acceptors (Lipinski definition) is 2. The summed E-state index contributed by atoms with van der Waals surface area (Å²) in [5.41, 5.74) is 0.386. The van der Waals surface area contributed by atoms with Crippen LogP contribution < -0.4 is 0 Å². The third-order valence-corrected chi connectivity index (χ3v) is 4.37. The third-order valence-electron chi connectivity index (χ3n) is 4.37. The van der Waals surface area contributed by atoms with Crippen molar-refractivity contribution in [2.24, 2.45) is 5.92 Å². The number of rotatable bonds is 4. The van der Waals surface area contributed by atoms with Crippen LogP contribution in [0.15, 0.2) is 12.3 Å². The molecular weight excluding hydrogens is 224 g/mol. The molecule has 0 spiro atoms. The van der Waals surface area contributed by atoms with Gasteiger partial charge < -0.3 is 5.11 Å². The standard InChI is InChI=1S/C15H26N2O/c1-3-12-17-14(8-11-16-17)15(18)9-5-6-13(4-2)7-10-15/h8,11,13,18H,3-7,9-10,12H2,1-2H3.